The second-order valence-corrected chi connectivity index (χ2v) is 1.71. The molecule has 0 aliphatic rings. The van der Waals surface area contributed by atoms with Crippen LogP contribution >= 0.6 is 0 Å². The minimum Gasteiger partial charge on any atom is -0.320 e. The number of hydrogen-bond donors (Lipinski definition) is 3. The van der Waals surface area contributed by atoms with Gasteiger partial charge in [-0.25, -0.2) is 10.5 Å². The third-order valence-corrected chi connectivity index (χ3v) is 0.934. The maximum absolute atomic E-state index is 10.6. The van der Waals surface area contributed by atoms with Crippen LogP contribution in [0, 0.1) is 0 Å². The zero-order chi connectivity index (χ0) is 7.40. The molecule has 54 valence electrons. The molecule has 0 aromatic carbocycles. The van der Waals surface area contributed by atoms with Gasteiger partial charge in [-0.05, 0) is 0 Å². The molecule has 1 rings (SSSR count). The monoisotopic (exact) mass is 140 g/mol. The van der Waals surface area contributed by atoms with E-state index in [-0.39, 0.29) is 5.56 Å². The predicted molar refractivity (Wildman–Crippen MR) is 37.5 cm³/mol. The highest BCUT2D eigenvalue weighted by Crippen LogP contribution is 1.93. The number of aromatic nitrogens is 2. The molecular weight excluding hydrogens is 132 g/mol. The maximum Gasteiger partial charge on any atom is 0.266 e. The first-order valence-electron chi connectivity index (χ1n) is 2.80. The van der Waals surface area contributed by atoms with Crippen molar-refractivity contribution < 1.29 is 0 Å². The zero-order valence-electron chi connectivity index (χ0n) is 5.51. The zero-order valence-corrected chi connectivity index (χ0v) is 5.51. The van der Waals surface area contributed by atoms with Gasteiger partial charge in [-0.2, -0.15) is 5.10 Å². The summed E-state index contributed by atoms with van der Waals surface area (Å²) in [5.41, 5.74) is 5.81. The lowest BCUT2D eigenvalue weighted by atomic mass is 10.5. The van der Waals surface area contributed by atoms with Crippen molar-refractivity contribution in [1.29, 1.82) is 0 Å². The van der Waals surface area contributed by atoms with Crippen molar-refractivity contribution in [2.75, 3.05) is 12.5 Å². The van der Waals surface area contributed by atoms with Crippen LogP contribution in [0.15, 0.2) is 17.1 Å². The average molecular weight is 140 g/mol. The van der Waals surface area contributed by atoms with Crippen LogP contribution in [0.4, 0.5) is 5.69 Å². The van der Waals surface area contributed by atoms with Crippen LogP contribution in [0.2, 0.25) is 0 Å². The van der Waals surface area contributed by atoms with E-state index in [1.807, 2.05) is 0 Å². The van der Waals surface area contributed by atoms with Gasteiger partial charge in [0.1, 0.15) is 0 Å². The fourth-order valence-electron chi connectivity index (χ4n) is 0.589. The number of hydrazine groups is 1. The van der Waals surface area contributed by atoms with Crippen molar-refractivity contribution in [2.24, 2.45) is 0 Å². The Balaban J connectivity index is 2.85. The summed E-state index contributed by atoms with van der Waals surface area (Å²) in [4.78, 5) is 10.6. The molecule has 1 heterocycles. The quantitative estimate of drug-likeness (QED) is 0.476. The van der Waals surface area contributed by atoms with Crippen molar-refractivity contribution in [3.05, 3.63) is 22.6 Å². The number of H-pyrrole nitrogens is 1. The molecule has 0 radical (unpaired) electrons. The summed E-state index contributed by atoms with van der Waals surface area (Å²) in [5, 5.41) is 5.82. The summed E-state index contributed by atoms with van der Waals surface area (Å²) < 4.78 is 0. The van der Waals surface area contributed by atoms with Gasteiger partial charge in [0, 0.05) is 13.1 Å². The lowest BCUT2D eigenvalue weighted by Gasteiger charge is -1.99. The summed E-state index contributed by atoms with van der Waals surface area (Å²) in [6.07, 6.45) is 1.51. The van der Waals surface area contributed by atoms with Crippen LogP contribution in [-0.2, 0) is 0 Å². The SMILES string of the molecule is CNNc1cn[nH]c(=O)c1. The number of rotatable bonds is 2. The van der Waals surface area contributed by atoms with Gasteiger partial charge in [0.15, 0.2) is 0 Å². The van der Waals surface area contributed by atoms with Crippen LogP contribution in [-0.4, -0.2) is 17.2 Å². The molecule has 0 saturated carbocycles. The Bertz CT molecular complexity index is 256. The first kappa shape index (κ1) is 6.76. The Hall–Kier alpha value is -1.36. The van der Waals surface area contributed by atoms with Crippen molar-refractivity contribution in [3.8, 4) is 0 Å². The maximum atomic E-state index is 10.6. The predicted octanol–water partition coefficient (Wildman–Crippen LogP) is -0.684. The molecular formula is C5H8N4O. The van der Waals surface area contributed by atoms with Crippen molar-refractivity contribution in [2.45, 2.75) is 0 Å². The second-order valence-electron chi connectivity index (χ2n) is 1.71. The van der Waals surface area contributed by atoms with Crippen LogP contribution in [0.25, 0.3) is 0 Å². The smallest absolute Gasteiger partial charge is 0.266 e. The van der Waals surface area contributed by atoms with Gasteiger partial charge in [-0.15, -0.1) is 0 Å². The van der Waals surface area contributed by atoms with Crippen molar-refractivity contribution in [3.63, 3.8) is 0 Å². The molecule has 1 aromatic rings. The topological polar surface area (TPSA) is 69.8 Å². The van der Waals surface area contributed by atoms with Gasteiger partial charge in [-0.1, -0.05) is 0 Å². The Morgan fingerprint density at radius 2 is 2.50 bits per heavy atom. The van der Waals surface area contributed by atoms with Gasteiger partial charge in [-0.3, -0.25) is 4.79 Å². The first-order valence-corrected chi connectivity index (χ1v) is 2.80. The van der Waals surface area contributed by atoms with Crippen LogP contribution in [0.5, 0.6) is 0 Å². The molecule has 3 N–H and O–H groups in total. The molecule has 0 atom stereocenters. The van der Waals surface area contributed by atoms with E-state index < -0.39 is 0 Å². The molecule has 0 saturated heterocycles. The largest absolute Gasteiger partial charge is 0.320 e. The van der Waals surface area contributed by atoms with Crippen LogP contribution in [0.1, 0.15) is 0 Å². The van der Waals surface area contributed by atoms with E-state index in [1.54, 1.807) is 7.05 Å². The Kier molecular flexibility index (Phi) is 2.01. The van der Waals surface area contributed by atoms with Crippen molar-refractivity contribution in [1.82, 2.24) is 15.6 Å². The summed E-state index contributed by atoms with van der Waals surface area (Å²) in [5.74, 6) is 0. The van der Waals surface area contributed by atoms with E-state index in [4.69, 9.17) is 0 Å². The minimum absolute atomic E-state index is 0.222. The van der Waals surface area contributed by atoms with Crippen LogP contribution < -0.4 is 16.4 Å². The first-order chi connectivity index (χ1) is 4.83. The standard InChI is InChI=1S/C5H8N4O/c1-6-8-4-2-5(10)9-7-3-4/h2-3,6H,1H3,(H2,8,9,10). The molecule has 0 fully saturated rings. The normalized spacial score (nSPS) is 9.30. The summed E-state index contributed by atoms with van der Waals surface area (Å²) in [7, 11) is 1.71. The molecule has 5 nitrogen and oxygen atoms in total. The van der Waals surface area contributed by atoms with E-state index in [0.717, 1.165) is 0 Å². The molecule has 1 aromatic heterocycles. The fraction of sp³-hybridized carbons (Fsp3) is 0.200. The molecule has 5 heteroatoms. The van der Waals surface area contributed by atoms with Gasteiger partial charge < -0.3 is 5.43 Å². The lowest BCUT2D eigenvalue weighted by molar-refractivity contribution is 0.944. The Labute approximate surface area is 57.4 Å². The number of nitrogens with zero attached hydrogens (tertiary/aromatic N) is 1. The summed E-state index contributed by atoms with van der Waals surface area (Å²) >= 11 is 0. The van der Waals surface area contributed by atoms with Gasteiger partial charge >= 0.3 is 0 Å². The lowest BCUT2D eigenvalue weighted by Crippen LogP contribution is -2.17. The third kappa shape index (κ3) is 1.56. The van der Waals surface area contributed by atoms with E-state index >= 15 is 0 Å². The Morgan fingerprint density at radius 3 is 3.10 bits per heavy atom. The number of aromatic amines is 1. The molecule has 10 heavy (non-hydrogen) atoms. The van der Waals surface area contributed by atoms with E-state index in [0.29, 0.717) is 5.69 Å². The van der Waals surface area contributed by atoms with Crippen LogP contribution in [0.3, 0.4) is 0 Å². The molecule has 0 aliphatic heterocycles. The van der Waals surface area contributed by atoms with Gasteiger partial charge in [0.25, 0.3) is 5.56 Å². The van der Waals surface area contributed by atoms with E-state index in [9.17, 15) is 4.79 Å². The van der Waals surface area contributed by atoms with E-state index in [2.05, 4.69) is 21.0 Å². The molecule has 0 aliphatic carbocycles. The number of hydrogen-bond acceptors (Lipinski definition) is 4. The molecule has 0 amide bonds. The Morgan fingerprint density at radius 1 is 1.70 bits per heavy atom. The van der Waals surface area contributed by atoms with Gasteiger partial charge in [0.2, 0.25) is 0 Å². The highest BCUT2D eigenvalue weighted by molar-refractivity contribution is 5.36. The summed E-state index contributed by atoms with van der Waals surface area (Å²) in [6.45, 7) is 0. The highest BCUT2D eigenvalue weighted by Gasteiger charge is 1.88. The molecule has 0 spiro atoms. The highest BCUT2D eigenvalue weighted by atomic mass is 16.1. The second kappa shape index (κ2) is 2.98. The average Bonchev–Trinajstić information content (AvgIpc) is 1.88. The van der Waals surface area contributed by atoms with Crippen molar-refractivity contribution >= 4 is 5.69 Å². The number of anilines is 1. The molecule has 0 unspecified atom stereocenters. The summed E-state index contributed by atoms with van der Waals surface area (Å²) in [6, 6.07) is 1.41. The minimum atomic E-state index is -0.222. The fourth-order valence-corrected chi connectivity index (χ4v) is 0.589. The number of nitrogens with one attached hydrogen (secondary N) is 3. The van der Waals surface area contributed by atoms with E-state index in [1.165, 1.54) is 12.3 Å². The third-order valence-electron chi connectivity index (χ3n) is 0.934. The molecule has 0 bridgehead atoms. The van der Waals surface area contributed by atoms with Gasteiger partial charge in [0.05, 0.1) is 11.9 Å².